The van der Waals surface area contributed by atoms with Gasteiger partial charge in [-0.25, -0.2) is 4.40 Å². The van der Waals surface area contributed by atoms with E-state index in [0.29, 0.717) is 6.41 Å². The maximum atomic E-state index is 10.8. The second kappa shape index (κ2) is 3.57. The van der Waals surface area contributed by atoms with Crippen LogP contribution in [0.25, 0.3) is 0 Å². The van der Waals surface area contributed by atoms with Crippen LogP contribution in [0.15, 0.2) is 44.8 Å². The second-order valence-corrected chi connectivity index (χ2v) is 5.05. The molecule has 1 aliphatic rings. The average molecular weight is 232 g/mol. The van der Waals surface area contributed by atoms with Gasteiger partial charge in [-0.1, -0.05) is 34.5 Å². The molecule has 1 unspecified atom stereocenters. The Morgan fingerprint density at radius 1 is 1.31 bits per heavy atom. The van der Waals surface area contributed by atoms with Crippen molar-refractivity contribution < 1.29 is 4.79 Å². The van der Waals surface area contributed by atoms with Crippen LogP contribution in [-0.2, 0) is 4.79 Å². The molecule has 5 nitrogen and oxygen atoms in total. The minimum Gasteiger partial charge on any atom is -0.276 e. The lowest BCUT2D eigenvalue weighted by Crippen LogP contribution is -2.00. The number of carbonyl (C=O) groups excluding carboxylic acids is 1. The summed E-state index contributed by atoms with van der Waals surface area (Å²) in [6, 6.07) is 7.98. The van der Waals surface area contributed by atoms with Crippen molar-refractivity contribution >= 4 is 23.7 Å². The normalized spacial score (nSPS) is 19.6. The smallest absolute Gasteiger partial charge is 0.236 e. The van der Waals surface area contributed by atoms with Gasteiger partial charge >= 0.3 is 0 Å². The van der Waals surface area contributed by atoms with Gasteiger partial charge in [-0.05, 0) is 6.07 Å². The molecule has 16 heavy (non-hydrogen) atoms. The zero-order chi connectivity index (χ0) is 11.0. The summed E-state index contributed by atoms with van der Waals surface area (Å²) < 4.78 is 5.68. The van der Waals surface area contributed by atoms with E-state index in [4.69, 9.17) is 0 Å². The quantitative estimate of drug-likeness (QED) is 0.622. The summed E-state index contributed by atoms with van der Waals surface area (Å²) in [5, 5.41) is 8.18. The molecule has 0 amide bonds. The maximum absolute atomic E-state index is 10.8. The fraction of sp³-hybridized carbons (Fsp3) is 0. The van der Waals surface area contributed by atoms with Gasteiger partial charge in [0.05, 0.1) is 6.20 Å². The van der Waals surface area contributed by atoms with Gasteiger partial charge in [0.25, 0.3) is 0 Å². The molecule has 2 heterocycles. The van der Waals surface area contributed by atoms with E-state index in [1.165, 1.54) is 4.68 Å². The van der Waals surface area contributed by atoms with Crippen LogP contribution >= 0.6 is 11.1 Å². The standard InChI is InChI=1S/C10H8N4OS/c15-7-14-10(6-11-13-14)16-9-4-2-1-3-8(9)5-12-16/h1-7,16H. The summed E-state index contributed by atoms with van der Waals surface area (Å²) in [5.74, 6) is 0. The lowest BCUT2D eigenvalue weighted by atomic mass is 10.2. The minimum absolute atomic E-state index is 0.654. The Morgan fingerprint density at radius 2 is 2.19 bits per heavy atom. The molecule has 0 spiro atoms. The SMILES string of the molecule is O=Cn1nncc1[SH]1N=Cc2ccccc21. The van der Waals surface area contributed by atoms with Gasteiger partial charge in [0.2, 0.25) is 6.41 Å². The molecule has 0 fully saturated rings. The van der Waals surface area contributed by atoms with Crippen molar-refractivity contribution in [3.8, 4) is 0 Å². The van der Waals surface area contributed by atoms with Crippen molar-refractivity contribution in [2.45, 2.75) is 9.92 Å². The van der Waals surface area contributed by atoms with E-state index in [1.807, 2.05) is 30.5 Å². The van der Waals surface area contributed by atoms with Crippen LogP contribution in [0.2, 0.25) is 0 Å². The third-order valence-electron chi connectivity index (χ3n) is 2.35. The minimum atomic E-state index is -0.869. The summed E-state index contributed by atoms with van der Waals surface area (Å²) in [6.45, 7) is 0. The highest BCUT2D eigenvalue weighted by molar-refractivity contribution is 8.16. The lowest BCUT2D eigenvalue weighted by Gasteiger charge is -2.12. The summed E-state index contributed by atoms with van der Waals surface area (Å²) in [7, 11) is 0. The van der Waals surface area contributed by atoms with Crippen molar-refractivity contribution in [1.29, 1.82) is 0 Å². The zero-order valence-corrected chi connectivity index (χ0v) is 9.08. The highest BCUT2D eigenvalue weighted by atomic mass is 32.2. The van der Waals surface area contributed by atoms with Crippen LogP contribution in [0.4, 0.5) is 0 Å². The molecule has 1 aromatic carbocycles. The summed E-state index contributed by atoms with van der Waals surface area (Å²) in [5.41, 5.74) is 1.10. The first-order valence-electron chi connectivity index (χ1n) is 4.69. The molecule has 0 N–H and O–H groups in total. The van der Waals surface area contributed by atoms with E-state index in [0.717, 1.165) is 15.5 Å². The predicted molar refractivity (Wildman–Crippen MR) is 61.7 cm³/mol. The molecule has 80 valence electrons. The van der Waals surface area contributed by atoms with Crippen LogP contribution in [0.5, 0.6) is 0 Å². The van der Waals surface area contributed by atoms with E-state index >= 15 is 0 Å². The second-order valence-electron chi connectivity index (χ2n) is 3.26. The van der Waals surface area contributed by atoms with Crippen molar-refractivity contribution in [3.05, 3.63) is 36.0 Å². The molecule has 0 aliphatic carbocycles. The van der Waals surface area contributed by atoms with Crippen LogP contribution in [-0.4, -0.2) is 27.6 Å². The van der Waals surface area contributed by atoms with Crippen molar-refractivity contribution in [2.75, 3.05) is 0 Å². The number of fused-ring (bicyclic) bond motifs is 1. The number of rotatable bonds is 2. The number of hydrogen-bond donors (Lipinski definition) is 1. The Hall–Kier alpha value is -1.95. The molecule has 0 saturated heterocycles. The van der Waals surface area contributed by atoms with Crippen molar-refractivity contribution in [3.63, 3.8) is 0 Å². The molecule has 1 atom stereocenters. The number of benzene rings is 1. The fourth-order valence-corrected chi connectivity index (χ4v) is 3.39. The fourth-order valence-electron chi connectivity index (χ4n) is 1.62. The highest BCUT2D eigenvalue weighted by Gasteiger charge is 2.20. The van der Waals surface area contributed by atoms with Gasteiger partial charge in [0.1, 0.15) is 5.03 Å². The maximum Gasteiger partial charge on any atom is 0.236 e. The van der Waals surface area contributed by atoms with Gasteiger partial charge < -0.3 is 0 Å². The summed E-state index contributed by atoms with van der Waals surface area (Å²) in [6.07, 6.45) is 4.09. The van der Waals surface area contributed by atoms with Crippen LogP contribution in [0.3, 0.4) is 0 Å². The van der Waals surface area contributed by atoms with Gasteiger partial charge in [0.15, 0.2) is 0 Å². The molecule has 6 heteroatoms. The van der Waals surface area contributed by atoms with Crippen LogP contribution < -0.4 is 0 Å². The highest BCUT2D eigenvalue weighted by Crippen LogP contribution is 2.49. The Morgan fingerprint density at radius 3 is 3.06 bits per heavy atom. The first-order chi connectivity index (χ1) is 7.90. The van der Waals surface area contributed by atoms with Crippen LogP contribution in [0.1, 0.15) is 5.56 Å². The van der Waals surface area contributed by atoms with E-state index in [2.05, 4.69) is 14.7 Å². The number of aromatic nitrogens is 3. The monoisotopic (exact) mass is 232 g/mol. The average Bonchev–Trinajstić information content (AvgIpc) is 2.94. The van der Waals surface area contributed by atoms with E-state index in [1.54, 1.807) is 6.20 Å². The molecular formula is C10H8N4OS. The Balaban J connectivity index is 2.11. The third kappa shape index (κ3) is 1.27. The number of nitrogens with zero attached hydrogens (tertiary/aromatic N) is 4. The Bertz CT molecular complexity index is 578. The van der Waals surface area contributed by atoms with Crippen molar-refractivity contribution in [1.82, 2.24) is 15.0 Å². The number of thiol groups is 1. The number of hydrogen-bond acceptors (Lipinski definition) is 4. The molecule has 0 radical (unpaired) electrons. The van der Waals surface area contributed by atoms with Gasteiger partial charge in [-0.15, -0.1) is 5.10 Å². The molecule has 1 aliphatic heterocycles. The molecular weight excluding hydrogens is 224 g/mol. The van der Waals surface area contributed by atoms with Gasteiger partial charge in [-0.3, -0.25) is 4.79 Å². The zero-order valence-electron chi connectivity index (χ0n) is 8.19. The number of carbonyl (C=O) groups is 1. The Kier molecular flexibility index (Phi) is 2.07. The van der Waals surface area contributed by atoms with Crippen LogP contribution in [0, 0.1) is 0 Å². The first-order valence-corrected chi connectivity index (χ1v) is 5.98. The largest absolute Gasteiger partial charge is 0.276 e. The molecule has 0 bridgehead atoms. The van der Waals surface area contributed by atoms with Gasteiger partial charge in [0, 0.05) is 16.7 Å². The Labute approximate surface area is 94.3 Å². The topological polar surface area (TPSA) is 60.1 Å². The van der Waals surface area contributed by atoms with Crippen molar-refractivity contribution in [2.24, 2.45) is 4.40 Å². The van der Waals surface area contributed by atoms with E-state index in [-0.39, 0.29) is 0 Å². The lowest BCUT2D eigenvalue weighted by molar-refractivity contribution is 0.532. The van der Waals surface area contributed by atoms with Gasteiger partial charge in [-0.2, -0.15) is 4.68 Å². The first kappa shape index (κ1) is 9.29. The summed E-state index contributed by atoms with van der Waals surface area (Å²) in [4.78, 5) is 11.9. The molecule has 3 rings (SSSR count). The molecule has 2 aromatic rings. The summed E-state index contributed by atoms with van der Waals surface area (Å²) >= 11 is -0.869. The predicted octanol–water partition coefficient (Wildman–Crippen LogP) is 1.08. The third-order valence-corrected chi connectivity index (χ3v) is 4.31. The van der Waals surface area contributed by atoms with E-state index < -0.39 is 11.1 Å². The molecule has 1 aromatic heterocycles. The molecule has 0 saturated carbocycles. The van der Waals surface area contributed by atoms with E-state index in [9.17, 15) is 4.79 Å².